The Hall–Kier alpha value is -3.71. The van der Waals surface area contributed by atoms with Gasteiger partial charge < -0.3 is 4.74 Å². The van der Waals surface area contributed by atoms with Gasteiger partial charge in [0.05, 0.1) is 17.2 Å². The van der Waals surface area contributed by atoms with Crippen LogP contribution in [0.5, 0.6) is 5.75 Å². The minimum atomic E-state index is -0.574. The number of nitrogens with zero attached hydrogens (tertiary/aromatic N) is 1. The van der Waals surface area contributed by atoms with Crippen molar-refractivity contribution < 1.29 is 13.9 Å². The smallest absolute Gasteiger partial charge is 0.343 e. The fraction of sp³-hybridized carbons (Fsp3) is 0. The zero-order valence-corrected chi connectivity index (χ0v) is 13.7. The molecule has 126 valence electrons. The van der Waals surface area contributed by atoms with Crippen LogP contribution in [0.2, 0.25) is 0 Å². The van der Waals surface area contributed by atoms with Crippen molar-refractivity contribution in [3.63, 3.8) is 0 Å². The van der Waals surface area contributed by atoms with E-state index in [4.69, 9.17) is 4.74 Å². The third-order valence-corrected chi connectivity index (χ3v) is 3.66. The number of benzene rings is 3. The van der Waals surface area contributed by atoms with Crippen molar-refractivity contribution >= 4 is 17.6 Å². The quantitative estimate of drug-likeness (QED) is 0.286. The van der Waals surface area contributed by atoms with Crippen molar-refractivity contribution in [3.05, 3.63) is 101 Å². The Bertz CT molecular complexity index is 987. The van der Waals surface area contributed by atoms with Crippen LogP contribution in [0.4, 0.5) is 4.39 Å². The second kappa shape index (κ2) is 7.91. The number of rotatable bonds is 4. The summed E-state index contributed by atoms with van der Waals surface area (Å²) in [4.78, 5) is 12.1. The van der Waals surface area contributed by atoms with Crippen LogP contribution >= 0.6 is 0 Å². The number of esters is 1. The lowest BCUT2D eigenvalue weighted by Gasteiger charge is -2.06. The highest BCUT2D eigenvalue weighted by Gasteiger charge is 2.09. The average Bonchev–Trinajstić information content (AvgIpc) is 2.67. The van der Waals surface area contributed by atoms with E-state index in [2.05, 4.69) is 6.07 Å². The van der Waals surface area contributed by atoms with Crippen molar-refractivity contribution in [1.29, 1.82) is 5.26 Å². The molecule has 0 N–H and O–H groups in total. The summed E-state index contributed by atoms with van der Waals surface area (Å²) < 4.78 is 18.3. The lowest BCUT2D eigenvalue weighted by Crippen LogP contribution is -2.08. The van der Waals surface area contributed by atoms with E-state index < -0.39 is 11.8 Å². The van der Waals surface area contributed by atoms with E-state index in [1.54, 1.807) is 24.3 Å². The zero-order valence-electron chi connectivity index (χ0n) is 13.7. The molecule has 0 heterocycles. The third-order valence-electron chi connectivity index (χ3n) is 3.66. The number of nitriles is 1. The zero-order chi connectivity index (χ0) is 18.4. The normalized spacial score (nSPS) is 10.8. The van der Waals surface area contributed by atoms with Crippen LogP contribution < -0.4 is 4.74 Å². The van der Waals surface area contributed by atoms with Gasteiger partial charge in [-0.3, -0.25) is 0 Å². The van der Waals surface area contributed by atoms with Crippen molar-refractivity contribution in [1.82, 2.24) is 0 Å². The van der Waals surface area contributed by atoms with Gasteiger partial charge in [0.25, 0.3) is 0 Å². The Morgan fingerprint density at radius 2 is 1.65 bits per heavy atom. The molecule has 0 aliphatic carbocycles. The number of hydrogen-bond acceptors (Lipinski definition) is 3. The van der Waals surface area contributed by atoms with E-state index in [9.17, 15) is 14.4 Å². The van der Waals surface area contributed by atoms with E-state index in [-0.39, 0.29) is 5.56 Å². The van der Waals surface area contributed by atoms with Crippen LogP contribution in [-0.4, -0.2) is 5.97 Å². The van der Waals surface area contributed by atoms with Gasteiger partial charge in [-0.15, -0.1) is 0 Å². The largest absolute Gasteiger partial charge is 0.423 e. The van der Waals surface area contributed by atoms with Crippen LogP contribution in [0.1, 0.15) is 21.5 Å². The van der Waals surface area contributed by atoms with Gasteiger partial charge in [0.15, 0.2) is 0 Å². The minimum Gasteiger partial charge on any atom is -0.423 e. The highest BCUT2D eigenvalue weighted by Crippen LogP contribution is 2.21. The van der Waals surface area contributed by atoms with Gasteiger partial charge in [0, 0.05) is 0 Å². The lowest BCUT2D eigenvalue weighted by molar-refractivity contribution is 0.0734. The Morgan fingerprint density at radius 1 is 0.923 bits per heavy atom. The maximum atomic E-state index is 12.9. The van der Waals surface area contributed by atoms with Gasteiger partial charge in [-0.25, -0.2) is 9.18 Å². The number of halogens is 1. The molecule has 0 amide bonds. The number of carbonyl (C=O) groups is 1. The maximum absolute atomic E-state index is 12.9. The first-order chi connectivity index (χ1) is 12.7. The number of carbonyl (C=O) groups excluding carboxylic acids is 1. The summed E-state index contributed by atoms with van der Waals surface area (Å²) in [5.74, 6) is -0.647. The summed E-state index contributed by atoms with van der Waals surface area (Å²) in [5.41, 5.74) is 2.31. The first-order valence-corrected chi connectivity index (χ1v) is 7.91. The molecule has 0 unspecified atom stereocenters. The van der Waals surface area contributed by atoms with Crippen molar-refractivity contribution in [2.24, 2.45) is 0 Å². The SMILES string of the molecule is N#C/C(=C/c1cccc(OC(=O)c2ccc(F)cc2)c1)c1ccccc1. The van der Waals surface area contributed by atoms with Gasteiger partial charge in [0.1, 0.15) is 11.6 Å². The molecule has 3 nitrogen and oxygen atoms in total. The molecule has 0 atom stereocenters. The predicted molar refractivity (Wildman–Crippen MR) is 97.7 cm³/mol. The Kier molecular flexibility index (Phi) is 5.21. The monoisotopic (exact) mass is 343 g/mol. The highest BCUT2D eigenvalue weighted by molar-refractivity contribution is 5.92. The molecule has 4 heteroatoms. The molecule has 0 saturated carbocycles. The van der Waals surface area contributed by atoms with Crippen molar-refractivity contribution in [2.75, 3.05) is 0 Å². The Labute approximate surface area is 150 Å². The molecule has 0 saturated heterocycles. The molecule has 0 aromatic heterocycles. The topological polar surface area (TPSA) is 50.1 Å². The second-order valence-electron chi connectivity index (χ2n) is 5.50. The van der Waals surface area contributed by atoms with Crippen LogP contribution in [-0.2, 0) is 0 Å². The predicted octanol–water partition coefficient (Wildman–Crippen LogP) is 5.11. The van der Waals surface area contributed by atoms with Gasteiger partial charge in [-0.2, -0.15) is 5.26 Å². The van der Waals surface area contributed by atoms with Crippen LogP contribution in [0, 0.1) is 17.1 Å². The highest BCUT2D eigenvalue weighted by atomic mass is 19.1. The average molecular weight is 343 g/mol. The molecule has 3 aromatic carbocycles. The summed E-state index contributed by atoms with van der Waals surface area (Å²) >= 11 is 0. The summed E-state index contributed by atoms with van der Waals surface area (Å²) in [6, 6.07) is 23.5. The lowest BCUT2D eigenvalue weighted by atomic mass is 10.0. The first-order valence-electron chi connectivity index (χ1n) is 7.91. The van der Waals surface area contributed by atoms with Crippen molar-refractivity contribution in [3.8, 4) is 11.8 Å². The molecule has 0 bridgehead atoms. The van der Waals surface area contributed by atoms with E-state index in [1.807, 2.05) is 36.4 Å². The summed E-state index contributed by atoms with van der Waals surface area (Å²) in [5, 5.41) is 9.39. The molecular formula is C22H14FNO2. The fourth-order valence-corrected chi connectivity index (χ4v) is 2.38. The Balaban J connectivity index is 1.82. The third kappa shape index (κ3) is 4.22. The minimum absolute atomic E-state index is 0.259. The van der Waals surface area contributed by atoms with Gasteiger partial charge in [-0.05, 0) is 53.6 Å². The van der Waals surface area contributed by atoms with E-state index in [0.717, 1.165) is 11.1 Å². The van der Waals surface area contributed by atoms with E-state index in [0.29, 0.717) is 11.3 Å². The molecule has 0 aliphatic rings. The molecule has 0 radical (unpaired) electrons. The number of allylic oxidation sites excluding steroid dienone is 1. The molecule has 3 rings (SSSR count). The standard InChI is InChI=1S/C22H14FNO2/c23-20-11-9-18(10-12-20)22(25)26-21-8-4-5-16(14-21)13-19(15-24)17-6-2-1-3-7-17/h1-14H/b19-13-. The van der Waals surface area contributed by atoms with Crippen molar-refractivity contribution in [2.45, 2.75) is 0 Å². The van der Waals surface area contributed by atoms with Gasteiger partial charge in [-0.1, -0.05) is 42.5 Å². The van der Waals surface area contributed by atoms with Crippen LogP contribution in [0.25, 0.3) is 11.6 Å². The molecule has 26 heavy (non-hydrogen) atoms. The first kappa shape index (κ1) is 17.1. The van der Waals surface area contributed by atoms with E-state index >= 15 is 0 Å². The fourth-order valence-electron chi connectivity index (χ4n) is 2.38. The number of hydrogen-bond donors (Lipinski definition) is 0. The van der Waals surface area contributed by atoms with Gasteiger partial charge in [0.2, 0.25) is 0 Å². The summed E-state index contributed by atoms with van der Waals surface area (Å²) in [6.07, 6.45) is 1.73. The molecule has 0 spiro atoms. The van der Waals surface area contributed by atoms with Gasteiger partial charge >= 0.3 is 5.97 Å². The second-order valence-corrected chi connectivity index (χ2v) is 5.50. The molecule has 0 fully saturated rings. The maximum Gasteiger partial charge on any atom is 0.343 e. The van der Waals surface area contributed by atoms with Crippen LogP contribution in [0.3, 0.4) is 0 Å². The van der Waals surface area contributed by atoms with E-state index in [1.165, 1.54) is 24.3 Å². The molecule has 3 aromatic rings. The summed E-state index contributed by atoms with van der Waals surface area (Å²) in [7, 11) is 0. The molecular weight excluding hydrogens is 329 g/mol. The molecule has 0 aliphatic heterocycles. The number of ether oxygens (including phenoxy) is 1. The Morgan fingerprint density at radius 3 is 2.35 bits per heavy atom. The summed E-state index contributed by atoms with van der Waals surface area (Å²) in [6.45, 7) is 0. The van der Waals surface area contributed by atoms with Crippen LogP contribution in [0.15, 0.2) is 78.9 Å².